The van der Waals surface area contributed by atoms with Crippen molar-refractivity contribution in [1.82, 2.24) is 10.2 Å². The van der Waals surface area contributed by atoms with Gasteiger partial charge >= 0.3 is 6.18 Å². The largest absolute Gasteiger partial charge is 0.416 e. The van der Waals surface area contributed by atoms with Crippen molar-refractivity contribution in [2.24, 2.45) is 0 Å². The summed E-state index contributed by atoms with van der Waals surface area (Å²) >= 11 is 1.92. The zero-order valence-electron chi connectivity index (χ0n) is 12.0. The van der Waals surface area contributed by atoms with Crippen LogP contribution in [0.15, 0.2) is 23.1 Å². The Morgan fingerprint density at radius 1 is 1.42 bits per heavy atom. The summed E-state index contributed by atoms with van der Waals surface area (Å²) in [7, 11) is 0. The number of rotatable bonds is 5. The van der Waals surface area contributed by atoms with Crippen molar-refractivity contribution in [1.29, 1.82) is 0 Å². The first kappa shape index (κ1) is 18.1. The number of carbonyl (C=O) groups excluding carboxylic acids is 1. The van der Waals surface area contributed by atoms with Crippen LogP contribution in [0.5, 0.6) is 0 Å². The van der Waals surface area contributed by atoms with Crippen molar-refractivity contribution in [3.8, 4) is 0 Å². The van der Waals surface area contributed by atoms with Gasteiger partial charge in [-0.25, -0.2) is 0 Å². The molecule has 0 aliphatic carbocycles. The quantitative estimate of drug-likeness (QED) is 0.486. The molecule has 1 aromatic carbocycles. The fraction of sp³-hybridized carbons (Fsp3) is 0.250. The number of nitrogens with one attached hydrogen (secondary N) is 1. The highest BCUT2D eigenvalue weighted by Gasteiger charge is 2.33. The monoisotopic (exact) mass is 378 g/mol. The summed E-state index contributed by atoms with van der Waals surface area (Å²) in [6.45, 7) is 1.70. The van der Waals surface area contributed by atoms with E-state index in [0.29, 0.717) is 11.1 Å². The van der Waals surface area contributed by atoms with Crippen LogP contribution < -0.4 is 5.32 Å². The number of alkyl halides is 3. The maximum Gasteiger partial charge on any atom is 0.416 e. The number of thioether (sulfide) groups is 1. The lowest BCUT2D eigenvalue weighted by atomic mass is 10.2. The molecule has 0 bridgehead atoms. The lowest BCUT2D eigenvalue weighted by Crippen LogP contribution is -2.14. The van der Waals surface area contributed by atoms with Gasteiger partial charge in [0.15, 0.2) is 0 Å². The Bertz CT molecular complexity index is 779. The van der Waals surface area contributed by atoms with Gasteiger partial charge in [-0.15, -0.1) is 22.0 Å². The Morgan fingerprint density at radius 2 is 2.12 bits per heavy atom. The van der Waals surface area contributed by atoms with E-state index in [0.717, 1.165) is 35.2 Å². The van der Waals surface area contributed by atoms with Crippen molar-refractivity contribution >= 4 is 39.8 Å². The fourth-order valence-electron chi connectivity index (χ4n) is 1.60. The van der Waals surface area contributed by atoms with Crippen LogP contribution in [0.3, 0.4) is 0 Å². The molecule has 1 aromatic heterocycles. The van der Waals surface area contributed by atoms with Crippen molar-refractivity contribution in [3.05, 3.63) is 38.9 Å². The second-order valence-electron chi connectivity index (χ2n) is 4.40. The van der Waals surface area contributed by atoms with Crippen molar-refractivity contribution in [2.45, 2.75) is 18.0 Å². The van der Waals surface area contributed by atoms with Crippen LogP contribution in [0.2, 0.25) is 0 Å². The van der Waals surface area contributed by atoms with E-state index >= 15 is 0 Å². The number of hydrogen-bond acceptors (Lipinski definition) is 7. The molecule has 1 heterocycles. The molecular weight excluding hydrogens is 369 g/mol. The molecule has 0 atom stereocenters. The van der Waals surface area contributed by atoms with Crippen LogP contribution >= 0.6 is 23.1 Å². The van der Waals surface area contributed by atoms with Crippen LogP contribution in [-0.4, -0.2) is 26.8 Å². The molecule has 0 unspecified atom stereocenters. The maximum absolute atomic E-state index is 12.6. The number of carbonyl (C=O) groups is 1. The van der Waals surface area contributed by atoms with E-state index in [-0.39, 0.29) is 15.8 Å². The first-order valence-electron chi connectivity index (χ1n) is 6.25. The summed E-state index contributed by atoms with van der Waals surface area (Å²) in [6, 6.07) is 2.17. The number of nitrogens with zero attached hydrogens (tertiary/aromatic N) is 3. The van der Waals surface area contributed by atoms with Crippen LogP contribution in [0.1, 0.15) is 10.6 Å². The van der Waals surface area contributed by atoms with Crippen LogP contribution in [-0.2, 0) is 11.0 Å². The third-order valence-corrected chi connectivity index (χ3v) is 4.43. The molecule has 0 fully saturated rings. The fourth-order valence-corrected chi connectivity index (χ4v) is 3.02. The SMILES string of the molecule is Cc1nnc(NC(=O)CSc2ccc(C(F)(F)F)cc2[N+](=O)[O-])s1. The molecule has 0 saturated carbocycles. The van der Waals surface area contributed by atoms with Gasteiger partial charge in [0.2, 0.25) is 11.0 Å². The Labute approximate surface area is 141 Å². The summed E-state index contributed by atoms with van der Waals surface area (Å²) in [5.74, 6) is -0.712. The Hall–Kier alpha value is -2.21. The highest BCUT2D eigenvalue weighted by atomic mass is 32.2. The molecule has 0 aliphatic rings. The van der Waals surface area contributed by atoms with Gasteiger partial charge in [-0.3, -0.25) is 20.2 Å². The van der Waals surface area contributed by atoms with E-state index in [1.807, 2.05) is 0 Å². The number of hydrogen-bond donors (Lipinski definition) is 1. The summed E-state index contributed by atoms with van der Waals surface area (Å²) in [5, 5.41) is 21.7. The zero-order valence-corrected chi connectivity index (χ0v) is 13.6. The topological polar surface area (TPSA) is 98.0 Å². The van der Waals surface area contributed by atoms with Gasteiger partial charge in [-0.1, -0.05) is 11.3 Å². The number of anilines is 1. The third kappa shape index (κ3) is 4.64. The molecule has 12 heteroatoms. The molecule has 2 rings (SSSR count). The third-order valence-electron chi connectivity index (χ3n) is 2.61. The van der Waals surface area contributed by atoms with E-state index in [1.54, 1.807) is 6.92 Å². The first-order valence-corrected chi connectivity index (χ1v) is 8.05. The minimum atomic E-state index is -4.68. The minimum Gasteiger partial charge on any atom is -0.300 e. The summed E-state index contributed by atoms with van der Waals surface area (Å²) in [4.78, 5) is 21.8. The maximum atomic E-state index is 12.6. The van der Waals surface area contributed by atoms with Crippen molar-refractivity contribution < 1.29 is 22.9 Å². The van der Waals surface area contributed by atoms with Gasteiger partial charge in [0, 0.05) is 6.07 Å². The molecule has 0 radical (unpaired) electrons. The zero-order chi connectivity index (χ0) is 17.9. The Balaban J connectivity index is 2.08. The molecule has 24 heavy (non-hydrogen) atoms. The average molecular weight is 378 g/mol. The lowest BCUT2D eigenvalue weighted by Gasteiger charge is -2.08. The lowest BCUT2D eigenvalue weighted by molar-refractivity contribution is -0.388. The van der Waals surface area contributed by atoms with Gasteiger partial charge in [-0.2, -0.15) is 13.2 Å². The number of aryl methyl sites for hydroxylation is 1. The molecule has 0 saturated heterocycles. The number of halogens is 3. The Morgan fingerprint density at radius 3 is 2.67 bits per heavy atom. The summed E-state index contributed by atoms with van der Waals surface area (Å²) < 4.78 is 37.8. The van der Waals surface area contributed by atoms with Crippen LogP contribution in [0, 0.1) is 17.0 Å². The molecule has 1 N–H and O–H groups in total. The molecule has 0 spiro atoms. The normalized spacial score (nSPS) is 11.3. The van der Waals surface area contributed by atoms with E-state index in [1.165, 1.54) is 0 Å². The van der Waals surface area contributed by atoms with Crippen molar-refractivity contribution in [2.75, 3.05) is 11.1 Å². The smallest absolute Gasteiger partial charge is 0.300 e. The standard InChI is InChI=1S/C12H9F3N4O3S2/c1-6-17-18-11(24-6)16-10(20)5-23-9-3-2-7(12(13,14)15)4-8(9)19(21)22/h2-4H,5H2,1H3,(H,16,18,20). The molecular formula is C12H9F3N4O3S2. The number of aromatic nitrogens is 2. The van der Waals surface area contributed by atoms with E-state index in [2.05, 4.69) is 15.5 Å². The van der Waals surface area contributed by atoms with Gasteiger partial charge in [-0.05, 0) is 19.1 Å². The minimum absolute atomic E-state index is 0.0309. The van der Waals surface area contributed by atoms with Crippen LogP contribution in [0.25, 0.3) is 0 Å². The number of amides is 1. The van der Waals surface area contributed by atoms with E-state index < -0.39 is 28.3 Å². The summed E-state index contributed by atoms with van der Waals surface area (Å²) in [5.41, 5.74) is -1.82. The summed E-state index contributed by atoms with van der Waals surface area (Å²) in [6.07, 6.45) is -4.68. The van der Waals surface area contributed by atoms with E-state index in [4.69, 9.17) is 0 Å². The van der Waals surface area contributed by atoms with Gasteiger partial charge in [0.05, 0.1) is 21.1 Å². The molecule has 7 nitrogen and oxygen atoms in total. The first-order chi connectivity index (χ1) is 11.2. The predicted molar refractivity (Wildman–Crippen MR) is 82.1 cm³/mol. The van der Waals surface area contributed by atoms with Gasteiger partial charge < -0.3 is 0 Å². The Kier molecular flexibility index (Phi) is 5.39. The number of nitro groups is 1. The highest BCUT2D eigenvalue weighted by molar-refractivity contribution is 8.00. The molecule has 128 valence electrons. The van der Waals surface area contributed by atoms with Gasteiger partial charge in [0.25, 0.3) is 5.69 Å². The average Bonchev–Trinajstić information content (AvgIpc) is 2.89. The van der Waals surface area contributed by atoms with Crippen molar-refractivity contribution in [3.63, 3.8) is 0 Å². The number of benzene rings is 1. The second kappa shape index (κ2) is 7.13. The molecule has 2 aromatic rings. The highest BCUT2D eigenvalue weighted by Crippen LogP contribution is 2.36. The number of nitro benzene ring substituents is 1. The molecule has 1 amide bonds. The van der Waals surface area contributed by atoms with E-state index in [9.17, 15) is 28.1 Å². The molecule has 0 aliphatic heterocycles. The predicted octanol–water partition coefficient (Wildman–Crippen LogP) is 3.50. The second-order valence-corrected chi connectivity index (χ2v) is 6.60. The van der Waals surface area contributed by atoms with Crippen LogP contribution in [0.4, 0.5) is 24.0 Å². The van der Waals surface area contributed by atoms with Gasteiger partial charge in [0.1, 0.15) is 5.01 Å².